The Bertz CT molecular complexity index is 1300. The number of para-hydroxylation sites is 1. The summed E-state index contributed by atoms with van der Waals surface area (Å²) in [6, 6.07) is 17.3. The lowest BCUT2D eigenvalue weighted by molar-refractivity contribution is -0.116. The van der Waals surface area contributed by atoms with Crippen LogP contribution in [0.25, 0.3) is 11.7 Å². The summed E-state index contributed by atoms with van der Waals surface area (Å²) >= 11 is 0. The number of anilines is 2. The van der Waals surface area contributed by atoms with E-state index in [1.165, 1.54) is 0 Å². The Morgan fingerprint density at radius 3 is 2.79 bits per heavy atom. The zero-order valence-electron chi connectivity index (χ0n) is 17.8. The predicted octanol–water partition coefficient (Wildman–Crippen LogP) is 2.81. The largest absolute Gasteiger partial charge is 0.400 e. The van der Waals surface area contributed by atoms with E-state index in [1.807, 2.05) is 59.2 Å². The van der Waals surface area contributed by atoms with Gasteiger partial charge in [-0.2, -0.15) is 0 Å². The monoisotopic (exact) mass is 443 g/mol. The summed E-state index contributed by atoms with van der Waals surface area (Å²) in [7, 11) is 1.63. The Labute approximate surface area is 189 Å². The molecule has 0 saturated heterocycles. The molecule has 4 aromatic rings. The van der Waals surface area contributed by atoms with Crippen LogP contribution in [0.2, 0.25) is 0 Å². The molecule has 2 N–H and O–H groups in total. The van der Waals surface area contributed by atoms with Crippen LogP contribution < -0.4 is 10.6 Å². The van der Waals surface area contributed by atoms with Crippen molar-refractivity contribution in [1.82, 2.24) is 19.7 Å². The maximum absolute atomic E-state index is 13.0. The minimum absolute atomic E-state index is 0.0635. The van der Waals surface area contributed by atoms with Crippen LogP contribution in [-0.2, 0) is 16.1 Å². The van der Waals surface area contributed by atoms with E-state index in [0.717, 1.165) is 11.1 Å². The van der Waals surface area contributed by atoms with Gasteiger partial charge >= 0.3 is 6.01 Å². The molecule has 10 nitrogen and oxygen atoms in total. The SMILES string of the molecule is COCCn1ccnc1-c1nnc(N[C@H]2N=C(c3ccccc3)c3ccccc3NC2=O)o1. The molecule has 1 aliphatic heterocycles. The number of ether oxygens (including phenoxy) is 1. The Hall–Kier alpha value is -4.31. The zero-order chi connectivity index (χ0) is 22.6. The molecule has 2 aromatic heterocycles. The third-order valence-corrected chi connectivity index (χ3v) is 5.12. The van der Waals surface area contributed by atoms with Gasteiger partial charge in [0.25, 0.3) is 11.8 Å². The van der Waals surface area contributed by atoms with Crippen LogP contribution in [-0.4, -0.2) is 51.2 Å². The molecule has 10 heteroatoms. The van der Waals surface area contributed by atoms with Crippen molar-refractivity contribution in [2.24, 2.45) is 4.99 Å². The lowest BCUT2D eigenvalue weighted by atomic mass is 10.0. The van der Waals surface area contributed by atoms with E-state index in [4.69, 9.17) is 14.1 Å². The Morgan fingerprint density at radius 2 is 1.94 bits per heavy atom. The minimum Gasteiger partial charge on any atom is -0.400 e. The molecule has 0 fully saturated rings. The molecule has 3 heterocycles. The maximum Gasteiger partial charge on any atom is 0.317 e. The van der Waals surface area contributed by atoms with Gasteiger partial charge in [0.1, 0.15) is 0 Å². The number of carbonyl (C=O) groups is 1. The van der Waals surface area contributed by atoms with E-state index in [1.54, 1.807) is 19.5 Å². The molecule has 1 amide bonds. The van der Waals surface area contributed by atoms with E-state index >= 15 is 0 Å². The number of nitrogens with zero attached hydrogens (tertiary/aromatic N) is 5. The first-order valence-corrected chi connectivity index (χ1v) is 10.4. The molecule has 0 spiro atoms. The molecule has 0 bridgehead atoms. The van der Waals surface area contributed by atoms with Gasteiger partial charge in [0.15, 0.2) is 5.82 Å². The van der Waals surface area contributed by atoms with Gasteiger partial charge in [-0.3, -0.25) is 4.79 Å². The standard InChI is InChI=1S/C23H21N7O3/c1-32-14-13-30-12-11-24-20(30)22-28-29-23(33-22)27-19-21(31)25-17-10-6-5-9-16(17)18(26-19)15-7-3-2-4-8-15/h2-12,19H,13-14H2,1H3,(H,25,31)(H,27,29)/t19-/m1/s1. The van der Waals surface area contributed by atoms with Gasteiger partial charge in [0, 0.05) is 37.2 Å². The first kappa shape index (κ1) is 20.6. The molecule has 5 rings (SSSR count). The van der Waals surface area contributed by atoms with Crippen LogP contribution in [0.5, 0.6) is 0 Å². The molecule has 33 heavy (non-hydrogen) atoms. The van der Waals surface area contributed by atoms with Gasteiger partial charge in [0.2, 0.25) is 6.17 Å². The number of benzene rings is 2. The fourth-order valence-electron chi connectivity index (χ4n) is 3.55. The van der Waals surface area contributed by atoms with Crippen molar-refractivity contribution in [1.29, 1.82) is 0 Å². The number of fused-ring (bicyclic) bond motifs is 1. The summed E-state index contributed by atoms with van der Waals surface area (Å²) in [5.41, 5.74) is 3.07. The van der Waals surface area contributed by atoms with Crippen molar-refractivity contribution in [3.05, 3.63) is 78.1 Å². The van der Waals surface area contributed by atoms with Crippen LogP contribution in [0.3, 0.4) is 0 Å². The van der Waals surface area contributed by atoms with Crippen molar-refractivity contribution in [3.8, 4) is 11.7 Å². The first-order valence-electron chi connectivity index (χ1n) is 10.4. The van der Waals surface area contributed by atoms with Crippen LogP contribution in [0.4, 0.5) is 11.7 Å². The zero-order valence-corrected chi connectivity index (χ0v) is 17.8. The predicted molar refractivity (Wildman–Crippen MR) is 122 cm³/mol. The van der Waals surface area contributed by atoms with E-state index < -0.39 is 6.17 Å². The van der Waals surface area contributed by atoms with E-state index in [2.05, 4.69) is 25.8 Å². The number of imidazole rings is 1. The summed E-state index contributed by atoms with van der Waals surface area (Å²) in [5, 5.41) is 14.0. The molecule has 0 saturated carbocycles. The van der Waals surface area contributed by atoms with E-state index in [-0.39, 0.29) is 17.8 Å². The number of rotatable bonds is 7. The number of benzodiazepines with no additional fused rings is 1. The van der Waals surface area contributed by atoms with Gasteiger partial charge < -0.3 is 24.4 Å². The molecule has 2 aromatic carbocycles. The third-order valence-electron chi connectivity index (χ3n) is 5.12. The second-order valence-corrected chi connectivity index (χ2v) is 7.27. The third kappa shape index (κ3) is 4.23. The average molecular weight is 443 g/mol. The summed E-state index contributed by atoms with van der Waals surface area (Å²) in [6.07, 6.45) is 2.47. The fraction of sp³-hybridized carbons (Fsp3) is 0.174. The number of hydrogen-bond donors (Lipinski definition) is 2. The number of hydrogen-bond acceptors (Lipinski definition) is 8. The van der Waals surface area contributed by atoms with Crippen LogP contribution >= 0.6 is 0 Å². The number of amides is 1. The van der Waals surface area contributed by atoms with Gasteiger partial charge in [-0.25, -0.2) is 9.98 Å². The lowest BCUT2D eigenvalue weighted by Crippen LogP contribution is -2.32. The number of aromatic nitrogens is 4. The molecular formula is C23H21N7O3. The van der Waals surface area contributed by atoms with E-state index in [9.17, 15) is 4.79 Å². The van der Waals surface area contributed by atoms with Crippen molar-refractivity contribution in [3.63, 3.8) is 0 Å². The van der Waals surface area contributed by atoms with Crippen molar-refractivity contribution in [2.75, 3.05) is 24.4 Å². The average Bonchev–Trinajstić information content (AvgIpc) is 3.47. The lowest BCUT2D eigenvalue weighted by Gasteiger charge is -2.11. The number of aliphatic imine (C=N–C) groups is 1. The quantitative estimate of drug-likeness (QED) is 0.451. The first-order chi connectivity index (χ1) is 16.2. The van der Waals surface area contributed by atoms with Gasteiger partial charge in [-0.05, 0) is 6.07 Å². The highest BCUT2D eigenvalue weighted by Gasteiger charge is 2.27. The van der Waals surface area contributed by atoms with Crippen molar-refractivity contribution in [2.45, 2.75) is 12.7 Å². The molecule has 0 unspecified atom stereocenters. The van der Waals surface area contributed by atoms with Crippen LogP contribution in [0.15, 0.2) is 76.4 Å². The number of methoxy groups -OCH3 is 1. The van der Waals surface area contributed by atoms with Crippen LogP contribution in [0, 0.1) is 0 Å². The van der Waals surface area contributed by atoms with Crippen LogP contribution in [0.1, 0.15) is 11.1 Å². The summed E-state index contributed by atoms with van der Waals surface area (Å²) in [4.78, 5) is 22.0. The summed E-state index contributed by atoms with van der Waals surface area (Å²) < 4.78 is 12.7. The number of carbonyl (C=O) groups excluding carboxylic acids is 1. The number of nitrogens with one attached hydrogen (secondary N) is 2. The molecule has 166 valence electrons. The second-order valence-electron chi connectivity index (χ2n) is 7.27. The van der Waals surface area contributed by atoms with Gasteiger partial charge in [-0.1, -0.05) is 53.6 Å². The molecular weight excluding hydrogens is 422 g/mol. The maximum atomic E-state index is 13.0. The second kappa shape index (κ2) is 9.05. The topological polar surface area (TPSA) is 119 Å². The van der Waals surface area contributed by atoms with Gasteiger partial charge in [-0.15, -0.1) is 5.10 Å². The molecule has 0 radical (unpaired) electrons. The summed E-state index contributed by atoms with van der Waals surface area (Å²) in [6.45, 7) is 1.10. The highest BCUT2D eigenvalue weighted by Crippen LogP contribution is 2.25. The Morgan fingerprint density at radius 1 is 1.12 bits per heavy atom. The minimum atomic E-state index is -0.978. The Kier molecular flexibility index (Phi) is 5.64. The Balaban J connectivity index is 1.45. The molecule has 1 aliphatic rings. The summed E-state index contributed by atoms with van der Waals surface area (Å²) in [5.74, 6) is 0.400. The molecule has 0 aliphatic carbocycles. The highest BCUT2D eigenvalue weighted by molar-refractivity contribution is 6.19. The van der Waals surface area contributed by atoms with Crippen molar-refractivity contribution >= 4 is 23.3 Å². The fourth-order valence-corrected chi connectivity index (χ4v) is 3.55. The van der Waals surface area contributed by atoms with Gasteiger partial charge in [0.05, 0.1) is 18.0 Å². The molecule has 1 atom stereocenters. The van der Waals surface area contributed by atoms with E-state index in [0.29, 0.717) is 30.4 Å². The smallest absolute Gasteiger partial charge is 0.317 e. The highest BCUT2D eigenvalue weighted by atomic mass is 16.5. The normalized spacial score (nSPS) is 15.4. The van der Waals surface area contributed by atoms with Crippen molar-refractivity contribution < 1.29 is 13.9 Å².